The summed E-state index contributed by atoms with van der Waals surface area (Å²) in [6.45, 7) is 0. The molecule has 6 heteroatoms. The molecule has 0 saturated carbocycles. The average Bonchev–Trinajstić information content (AvgIpc) is 1.33. The Labute approximate surface area is 64.5 Å². The van der Waals surface area contributed by atoms with Gasteiger partial charge in [0.15, 0.2) is 0 Å². The molecule has 0 aromatic rings. The quantitative estimate of drug-likeness (QED) is 0.372. The van der Waals surface area contributed by atoms with E-state index in [0.717, 1.165) is 0 Å². The van der Waals surface area contributed by atoms with E-state index in [1.54, 1.807) is 0 Å². The monoisotopic (exact) mass is 238 g/mol. The molecule has 0 heterocycles. The van der Waals surface area contributed by atoms with Crippen molar-refractivity contribution < 1.29 is 20.1 Å². The van der Waals surface area contributed by atoms with Gasteiger partial charge in [0.25, 0.3) is 0 Å². The summed E-state index contributed by atoms with van der Waals surface area (Å²) in [4.78, 5) is 0. The fourth-order valence-electron chi connectivity index (χ4n) is 0. The number of nitrogens with two attached hydrogens (primary N) is 1. The van der Waals surface area contributed by atoms with E-state index in [2.05, 4.69) is 40.4 Å². The van der Waals surface area contributed by atoms with Gasteiger partial charge in [-0.3, -0.25) is 0 Å². The van der Waals surface area contributed by atoms with Crippen molar-refractivity contribution in [3.8, 4) is 0 Å². The van der Waals surface area contributed by atoms with Crippen molar-refractivity contribution in [3.63, 3.8) is 0 Å². The van der Waals surface area contributed by atoms with Gasteiger partial charge in [0, 0.05) is 0 Å². The van der Waals surface area contributed by atoms with Crippen LogP contribution in [-0.2, 0) is 32.7 Å². The van der Waals surface area contributed by atoms with E-state index >= 15 is 0 Å². The number of hydrogen-bond donors (Lipinski definition) is 1. The Morgan fingerprint density at radius 1 is 1.86 bits per heavy atom. The van der Waals surface area contributed by atoms with Crippen LogP contribution in [0.25, 0.3) is 0 Å². The van der Waals surface area contributed by atoms with Crippen molar-refractivity contribution in [1.29, 1.82) is 0 Å². The Bertz CT molecular complexity index is 82.9. The van der Waals surface area contributed by atoms with Gasteiger partial charge in [-0.15, -0.1) is 0 Å². The molecule has 0 aliphatic carbocycles. The summed E-state index contributed by atoms with van der Waals surface area (Å²) < 4.78 is 8.96. The maximum absolute atomic E-state index is 8.88. The normalized spacial score (nSPS) is 5.14. The predicted molar refractivity (Wildman–Crippen MR) is 32.4 cm³/mol. The van der Waals surface area contributed by atoms with Crippen molar-refractivity contribution in [2.45, 2.75) is 0 Å². The van der Waals surface area contributed by atoms with Gasteiger partial charge in [-0.1, -0.05) is 4.32 Å². The molecule has 0 atom stereocenters. The summed E-state index contributed by atoms with van der Waals surface area (Å²) >= 11 is 7.06. The average molecular weight is 236 g/mol. The molecule has 0 bridgehead atoms. The zero-order valence-electron chi connectivity index (χ0n) is 3.12. The van der Waals surface area contributed by atoms with Gasteiger partial charge in [0.1, 0.15) is 0 Å². The minimum atomic E-state index is -1.20. The molecule has 0 unspecified atom stereocenters. The van der Waals surface area contributed by atoms with Gasteiger partial charge < -0.3 is 30.6 Å². The molecule has 0 aliphatic rings. The molecule has 2 N–H and O–H groups in total. The third-order valence-corrected chi connectivity index (χ3v) is 0. The first-order valence-corrected chi connectivity index (χ1v) is 5.46. The standard InChI is InChI=1S/CH3NS2.Mo.O.S/c2-1(3)4;;;/h(H3,2,3,4);;;/p-1. The Hall–Kier alpha value is 0.818. The molecule has 0 aliphatic heterocycles. The fraction of sp³-hybridized carbons (Fsp3) is 0. The number of rotatable bonds is 0. The van der Waals surface area contributed by atoms with Crippen LogP contribution >= 0.6 is 22.0 Å². The molecule has 42 valence electrons. The second-order valence-electron chi connectivity index (χ2n) is 0.387. The first-order valence-electron chi connectivity index (χ1n) is 1.03. The van der Waals surface area contributed by atoms with Crippen LogP contribution in [-0.4, -0.2) is 4.32 Å². The van der Waals surface area contributed by atoms with Crippen LogP contribution in [0.4, 0.5) is 0 Å². The molecule has 2 nitrogen and oxygen atoms in total. The number of hydrogen-bond acceptors (Lipinski definition) is 4. The van der Waals surface area contributed by atoms with Crippen LogP contribution in [0.3, 0.4) is 0 Å². The first-order chi connectivity index (χ1) is 3.15. The van der Waals surface area contributed by atoms with E-state index in [9.17, 15) is 0 Å². The van der Waals surface area contributed by atoms with Crippen molar-refractivity contribution >= 4 is 39.0 Å². The van der Waals surface area contributed by atoms with Gasteiger partial charge in [-0.25, -0.2) is 0 Å². The molecule has 0 aromatic heterocycles. The minimum absolute atomic E-state index is 0.0833. The molecule has 0 aromatic carbocycles. The van der Waals surface area contributed by atoms with Crippen LogP contribution in [0, 0.1) is 0 Å². The second kappa shape index (κ2) is 9.94. The summed E-state index contributed by atoms with van der Waals surface area (Å²) in [7, 11) is 3.97. The van der Waals surface area contributed by atoms with Crippen molar-refractivity contribution in [3.05, 3.63) is 0 Å². The summed E-state index contributed by atoms with van der Waals surface area (Å²) in [5.41, 5.74) is 4.66. The first kappa shape index (κ1) is 10.7. The Morgan fingerprint density at radius 2 is 1.86 bits per heavy atom. The molecule has 0 fully saturated rings. The predicted octanol–water partition coefficient (Wildman–Crippen LogP) is 0.304. The summed E-state index contributed by atoms with van der Waals surface area (Å²) in [6.07, 6.45) is 0. The topological polar surface area (TPSA) is 43.1 Å². The van der Waals surface area contributed by atoms with E-state index in [1.165, 1.54) is 0 Å². The second-order valence-corrected chi connectivity index (χ2v) is 2.66. The van der Waals surface area contributed by atoms with Crippen LogP contribution in [0.5, 0.6) is 0 Å². The van der Waals surface area contributed by atoms with Crippen molar-refractivity contribution in [1.82, 2.24) is 0 Å². The molecule has 0 spiro atoms. The van der Waals surface area contributed by atoms with E-state index in [0.29, 0.717) is 0 Å². The Balaban J connectivity index is 0. The maximum atomic E-state index is 8.88. The molecular formula is CH2MoNOS3-. The molecular weight excluding hydrogens is 234 g/mol. The molecule has 0 radical (unpaired) electrons. The zero-order chi connectivity index (χ0) is 6.28. The molecule has 0 saturated heterocycles. The van der Waals surface area contributed by atoms with E-state index in [-0.39, 0.29) is 4.32 Å². The van der Waals surface area contributed by atoms with Gasteiger partial charge in [-0.2, -0.15) is 0 Å². The van der Waals surface area contributed by atoms with Crippen LogP contribution in [0.1, 0.15) is 0 Å². The summed E-state index contributed by atoms with van der Waals surface area (Å²) in [5, 5.41) is 0. The van der Waals surface area contributed by atoms with Crippen molar-refractivity contribution in [2.24, 2.45) is 5.73 Å². The van der Waals surface area contributed by atoms with Crippen molar-refractivity contribution in [2.75, 3.05) is 0 Å². The third kappa shape index (κ3) is 236. The Morgan fingerprint density at radius 3 is 1.86 bits per heavy atom. The van der Waals surface area contributed by atoms with Crippen LogP contribution in [0.2, 0.25) is 0 Å². The van der Waals surface area contributed by atoms with Gasteiger partial charge in [0.2, 0.25) is 0 Å². The summed E-state index contributed by atoms with van der Waals surface area (Å²) in [5.74, 6) is 0. The van der Waals surface area contributed by atoms with Crippen LogP contribution in [0.15, 0.2) is 0 Å². The van der Waals surface area contributed by atoms with Crippen LogP contribution < -0.4 is 5.73 Å². The molecule has 7 heavy (non-hydrogen) atoms. The van der Waals surface area contributed by atoms with Gasteiger partial charge in [-0.05, 0) is 0 Å². The molecule has 0 amide bonds. The SMILES string of the molecule is NC(=S)[S-].[O]=[Mo]=[S]. The zero-order valence-corrected chi connectivity index (χ0v) is 7.58. The van der Waals surface area contributed by atoms with Gasteiger partial charge >= 0.3 is 29.9 Å². The Kier molecular flexibility index (Phi) is 15.2. The van der Waals surface area contributed by atoms with E-state index in [1.807, 2.05) is 0 Å². The number of thiocarbonyl (C=S) groups is 1. The third-order valence-electron chi connectivity index (χ3n) is 0. The fourth-order valence-corrected chi connectivity index (χ4v) is 0. The van der Waals surface area contributed by atoms with Gasteiger partial charge in [0.05, 0.1) is 0 Å². The van der Waals surface area contributed by atoms with E-state index < -0.39 is 16.7 Å². The summed E-state index contributed by atoms with van der Waals surface area (Å²) in [6, 6.07) is 0. The van der Waals surface area contributed by atoms with E-state index in [4.69, 9.17) is 3.40 Å². The molecule has 0 rings (SSSR count).